The highest BCUT2D eigenvalue weighted by molar-refractivity contribution is 5.82. The molecule has 116 valence electrons. The van der Waals surface area contributed by atoms with Crippen LogP contribution in [-0.4, -0.2) is 53.8 Å². The van der Waals surface area contributed by atoms with Crippen LogP contribution in [0.1, 0.15) is 40.0 Å². The van der Waals surface area contributed by atoms with Gasteiger partial charge in [0.2, 0.25) is 0 Å². The van der Waals surface area contributed by atoms with Crippen molar-refractivity contribution in [1.29, 1.82) is 0 Å². The van der Waals surface area contributed by atoms with Gasteiger partial charge in [-0.2, -0.15) is 0 Å². The lowest BCUT2D eigenvalue weighted by Crippen LogP contribution is -2.52. The van der Waals surface area contributed by atoms with E-state index in [0.717, 1.165) is 12.8 Å². The number of hydrogen-bond acceptors (Lipinski definition) is 3. The van der Waals surface area contributed by atoms with E-state index in [1.54, 1.807) is 4.90 Å². The molecule has 0 aromatic rings. The first-order valence-electron chi connectivity index (χ1n) is 7.33. The fourth-order valence-electron chi connectivity index (χ4n) is 2.43. The van der Waals surface area contributed by atoms with Gasteiger partial charge in [0, 0.05) is 19.7 Å². The molecule has 0 bridgehead atoms. The maximum Gasteiger partial charge on any atom is 0.326 e. The zero-order chi connectivity index (χ0) is 15.1. The third kappa shape index (κ3) is 5.36. The van der Waals surface area contributed by atoms with Gasteiger partial charge < -0.3 is 20.1 Å². The number of hydrogen-bond donors (Lipinski definition) is 2. The van der Waals surface area contributed by atoms with Crippen LogP contribution in [0.15, 0.2) is 0 Å². The first-order valence-corrected chi connectivity index (χ1v) is 7.33. The van der Waals surface area contributed by atoms with Crippen molar-refractivity contribution < 1.29 is 19.4 Å². The summed E-state index contributed by atoms with van der Waals surface area (Å²) < 4.78 is 5.54. The number of ether oxygens (including phenoxy) is 1. The van der Waals surface area contributed by atoms with Crippen molar-refractivity contribution in [2.75, 3.05) is 19.7 Å². The van der Waals surface area contributed by atoms with E-state index in [4.69, 9.17) is 9.84 Å². The van der Waals surface area contributed by atoms with Crippen LogP contribution in [0.2, 0.25) is 0 Å². The van der Waals surface area contributed by atoms with Crippen LogP contribution < -0.4 is 5.32 Å². The SMILES string of the molecule is CCOC1CCCN(C(=O)NC(CC(C)C)C(=O)O)C1. The second-order valence-corrected chi connectivity index (χ2v) is 5.64. The fraction of sp³-hybridized carbons (Fsp3) is 0.857. The van der Waals surface area contributed by atoms with E-state index in [-0.39, 0.29) is 18.1 Å². The number of nitrogens with one attached hydrogen (secondary N) is 1. The highest BCUT2D eigenvalue weighted by atomic mass is 16.5. The Morgan fingerprint density at radius 2 is 2.15 bits per heavy atom. The molecule has 6 nitrogen and oxygen atoms in total. The molecular weight excluding hydrogens is 260 g/mol. The van der Waals surface area contributed by atoms with Gasteiger partial charge in [0.05, 0.1) is 6.10 Å². The number of piperidine rings is 1. The lowest BCUT2D eigenvalue weighted by atomic mass is 10.0. The summed E-state index contributed by atoms with van der Waals surface area (Å²) in [5, 5.41) is 11.8. The van der Waals surface area contributed by atoms with E-state index in [9.17, 15) is 9.59 Å². The number of aliphatic carboxylic acids is 1. The van der Waals surface area contributed by atoms with Crippen molar-refractivity contribution in [1.82, 2.24) is 10.2 Å². The summed E-state index contributed by atoms with van der Waals surface area (Å²) in [5.74, 6) is -0.764. The summed E-state index contributed by atoms with van der Waals surface area (Å²) in [6.07, 6.45) is 2.34. The number of carbonyl (C=O) groups is 2. The maximum absolute atomic E-state index is 12.1. The van der Waals surface area contributed by atoms with Gasteiger partial charge in [-0.1, -0.05) is 13.8 Å². The number of urea groups is 1. The van der Waals surface area contributed by atoms with Crippen LogP contribution in [0.4, 0.5) is 4.79 Å². The number of likely N-dealkylation sites (tertiary alicyclic amines) is 1. The molecule has 0 aromatic carbocycles. The summed E-state index contributed by atoms with van der Waals surface area (Å²) in [4.78, 5) is 25.0. The van der Waals surface area contributed by atoms with Crippen molar-refractivity contribution in [2.45, 2.75) is 52.2 Å². The highest BCUT2D eigenvalue weighted by Gasteiger charge is 2.27. The fourth-order valence-corrected chi connectivity index (χ4v) is 2.43. The second kappa shape index (κ2) is 8.09. The Hall–Kier alpha value is -1.30. The number of nitrogens with zero attached hydrogens (tertiary/aromatic N) is 1. The number of carboxylic acid groups (broad SMARTS) is 1. The largest absolute Gasteiger partial charge is 0.480 e. The Balaban J connectivity index is 2.53. The Morgan fingerprint density at radius 1 is 1.45 bits per heavy atom. The minimum absolute atomic E-state index is 0.0628. The number of amides is 2. The zero-order valence-electron chi connectivity index (χ0n) is 12.6. The first kappa shape index (κ1) is 16.8. The molecule has 2 amide bonds. The molecule has 0 aliphatic carbocycles. The van der Waals surface area contributed by atoms with E-state index in [0.29, 0.717) is 26.1 Å². The minimum Gasteiger partial charge on any atom is -0.480 e. The predicted molar refractivity (Wildman–Crippen MR) is 75.6 cm³/mol. The van der Waals surface area contributed by atoms with Crippen molar-refractivity contribution >= 4 is 12.0 Å². The van der Waals surface area contributed by atoms with Crippen LogP contribution in [0.25, 0.3) is 0 Å². The molecule has 2 atom stereocenters. The molecule has 20 heavy (non-hydrogen) atoms. The predicted octanol–water partition coefficient (Wildman–Crippen LogP) is 1.70. The average Bonchev–Trinajstić information content (AvgIpc) is 2.38. The third-order valence-corrected chi connectivity index (χ3v) is 3.37. The van der Waals surface area contributed by atoms with Gasteiger partial charge in [-0.05, 0) is 32.1 Å². The Kier molecular flexibility index (Phi) is 6.78. The molecule has 1 aliphatic rings. The molecule has 2 N–H and O–H groups in total. The highest BCUT2D eigenvalue weighted by Crippen LogP contribution is 2.14. The van der Waals surface area contributed by atoms with E-state index in [2.05, 4.69) is 5.32 Å². The quantitative estimate of drug-likeness (QED) is 0.779. The molecule has 0 radical (unpaired) electrons. The normalized spacial score (nSPS) is 20.8. The molecule has 6 heteroatoms. The van der Waals surface area contributed by atoms with E-state index in [1.165, 1.54) is 0 Å². The molecule has 0 spiro atoms. The van der Waals surface area contributed by atoms with Crippen molar-refractivity contribution in [3.05, 3.63) is 0 Å². The maximum atomic E-state index is 12.1. The molecule has 1 fully saturated rings. The van der Waals surface area contributed by atoms with Crippen molar-refractivity contribution in [3.63, 3.8) is 0 Å². The first-order chi connectivity index (χ1) is 9.43. The summed E-state index contributed by atoms with van der Waals surface area (Å²) in [5.41, 5.74) is 0. The average molecular weight is 286 g/mol. The van der Waals surface area contributed by atoms with E-state index in [1.807, 2.05) is 20.8 Å². The molecule has 0 aromatic heterocycles. The van der Waals surface area contributed by atoms with Crippen LogP contribution >= 0.6 is 0 Å². The lowest BCUT2D eigenvalue weighted by molar-refractivity contribution is -0.139. The molecular formula is C14H26N2O4. The van der Waals surface area contributed by atoms with Gasteiger partial charge in [-0.25, -0.2) is 9.59 Å². The lowest BCUT2D eigenvalue weighted by Gasteiger charge is -2.33. The van der Waals surface area contributed by atoms with Gasteiger partial charge in [0.1, 0.15) is 6.04 Å². The molecule has 1 aliphatic heterocycles. The zero-order valence-corrected chi connectivity index (χ0v) is 12.6. The molecule has 1 saturated heterocycles. The monoisotopic (exact) mass is 286 g/mol. The Morgan fingerprint density at radius 3 is 2.70 bits per heavy atom. The third-order valence-electron chi connectivity index (χ3n) is 3.37. The van der Waals surface area contributed by atoms with E-state index < -0.39 is 12.0 Å². The summed E-state index contributed by atoms with van der Waals surface area (Å²) >= 11 is 0. The smallest absolute Gasteiger partial charge is 0.326 e. The molecule has 0 saturated carbocycles. The topological polar surface area (TPSA) is 78.9 Å². The van der Waals surface area contributed by atoms with Crippen molar-refractivity contribution in [3.8, 4) is 0 Å². The number of carboxylic acids is 1. The van der Waals surface area contributed by atoms with Gasteiger partial charge in [-0.3, -0.25) is 0 Å². The standard InChI is InChI=1S/C14H26N2O4/c1-4-20-11-6-5-7-16(9-11)14(19)15-12(13(17)18)8-10(2)3/h10-12H,4-9H2,1-3H3,(H,15,19)(H,17,18). The molecule has 1 rings (SSSR count). The van der Waals surface area contributed by atoms with Gasteiger partial charge >= 0.3 is 12.0 Å². The second-order valence-electron chi connectivity index (χ2n) is 5.64. The minimum atomic E-state index is -0.981. The molecule has 1 heterocycles. The Bertz CT molecular complexity index is 331. The van der Waals surface area contributed by atoms with Crippen LogP contribution in [0.5, 0.6) is 0 Å². The number of rotatable bonds is 6. The summed E-state index contributed by atoms with van der Waals surface area (Å²) in [7, 11) is 0. The summed E-state index contributed by atoms with van der Waals surface area (Å²) in [6.45, 7) is 7.63. The van der Waals surface area contributed by atoms with Gasteiger partial charge in [0.25, 0.3) is 0 Å². The Labute approximate surface area is 120 Å². The van der Waals surface area contributed by atoms with Gasteiger partial charge in [0.15, 0.2) is 0 Å². The van der Waals surface area contributed by atoms with Crippen LogP contribution in [-0.2, 0) is 9.53 Å². The van der Waals surface area contributed by atoms with Gasteiger partial charge in [-0.15, -0.1) is 0 Å². The van der Waals surface area contributed by atoms with Crippen LogP contribution in [0, 0.1) is 5.92 Å². The van der Waals surface area contributed by atoms with E-state index >= 15 is 0 Å². The number of carbonyl (C=O) groups excluding carboxylic acids is 1. The summed E-state index contributed by atoms with van der Waals surface area (Å²) in [6, 6.07) is -1.13. The van der Waals surface area contributed by atoms with Crippen molar-refractivity contribution in [2.24, 2.45) is 5.92 Å². The molecule has 2 unspecified atom stereocenters. The van der Waals surface area contributed by atoms with Crippen LogP contribution in [0.3, 0.4) is 0 Å².